The highest BCUT2D eigenvalue weighted by molar-refractivity contribution is 5.30. The van der Waals surface area contributed by atoms with Crippen LogP contribution in [0, 0.1) is 13.8 Å². The summed E-state index contributed by atoms with van der Waals surface area (Å²) < 4.78 is 5.39. The molecule has 1 heterocycles. The molecule has 94 valence electrons. The Balaban J connectivity index is 2.10. The number of aliphatic hydroxyl groups is 1. The first kappa shape index (κ1) is 12.6. The van der Waals surface area contributed by atoms with Crippen molar-refractivity contribution < 1.29 is 9.84 Å². The van der Waals surface area contributed by atoms with Crippen molar-refractivity contribution in [2.45, 2.75) is 26.4 Å². The Hall–Kier alpha value is -0.900. The molecule has 0 aliphatic carbocycles. The summed E-state index contributed by atoms with van der Waals surface area (Å²) in [5.41, 5.74) is 3.96. The van der Waals surface area contributed by atoms with Crippen LogP contribution in [-0.4, -0.2) is 42.4 Å². The van der Waals surface area contributed by atoms with Gasteiger partial charge in [-0.15, -0.1) is 0 Å². The first-order valence-electron chi connectivity index (χ1n) is 6.19. The molecule has 1 unspecified atom stereocenters. The molecule has 1 saturated heterocycles. The van der Waals surface area contributed by atoms with Crippen LogP contribution in [0.25, 0.3) is 0 Å². The average molecular weight is 235 g/mol. The van der Waals surface area contributed by atoms with Crippen molar-refractivity contribution in [2.75, 3.05) is 26.4 Å². The first-order chi connectivity index (χ1) is 8.20. The fraction of sp³-hybridized carbons (Fsp3) is 0.571. The summed E-state index contributed by atoms with van der Waals surface area (Å²) >= 11 is 0. The fourth-order valence-corrected chi connectivity index (χ4v) is 2.25. The number of morpholine rings is 1. The van der Waals surface area contributed by atoms with E-state index in [9.17, 15) is 5.11 Å². The van der Waals surface area contributed by atoms with Crippen molar-refractivity contribution in [3.8, 4) is 0 Å². The predicted octanol–water partition coefficient (Wildman–Crippen LogP) is 1.50. The number of rotatable bonds is 3. The summed E-state index contributed by atoms with van der Waals surface area (Å²) in [5, 5.41) is 9.34. The molecular formula is C14H21NO2. The highest BCUT2D eigenvalue weighted by Gasteiger charge is 2.22. The molecule has 3 nitrogen and oxygen atoms in total. The van der Waals surface area contributed by atoms with Crippen LogP contribution in [-0.2, 0) is 11.3 Å². The summed E-state index contributed by atoms with van der Waals surface area (Å²) in [4.78, 5) is 2.31. The van der Waals surface area contributed by atoms with E-state index in [1.54, 1.807) is 0 Å². The monoisotopic (exact) mass is 235 g/mol. The van der Waals surface area contributed by atoms with Gasteiger partial charge >= 0.3 is 0 Å². The number of aryl methyl sites for hydroxylation is 2. The van der Waals surface area contributed by atoms with Crippen molar-refractivity contribution in [2.24, 2.45) is 0 Å². The van der Waals surface area contributed by atoms with Crippen molar-refractivity contribution in [1.82, 2.24) is 4.90 Å². The van der Waals surface area contributed by atoms with Crippen molar-refractivity contribution >= 4 is 0 Å². The largest absolute Gasteiger partial charge is 0.395 e. The van der Waals surface area contributed by atoms with E-state index in [4.69, 9.17) is 4.74 Å². The van der Waals surface area contributed by atoms with E-state index in [0.717, 1.165) is 19.7 Å². The van der Waals surface area contributed by atoms with Gasteiger partial charge in [-0.1, -0.05) is 23.8 Å². The topological polar surface area (TPSA) is 32.7 Å². The minimum Gasteiger partial charge on any atom is -0.395 e. The summed E-state index contributed by atoms with van der Waals surface area (Å²) in [6, 6.07) is 6.68. The lowest BCUT2D eigenvalue weighted by atomic mass is 10.0. The summed E-state index contributed by atoms with van der Waals surface area (Å²) in [7, 11) is 0. The van der Waals surface area contributed by atoms with Gasteiger partial charge in [0.25, 0.3) is 0 Å². The van der Waals surface area contributed by atoms with Gasteiger partial charge in [-0.25, -0.2) is 0 Å². The second kappa shape index (κ2) is 5.63. The first-order valence-corrected chi connectivity index (χ1v) is 6.19. The third kappa shape index (κ3) is 3.06. The number of nitrogens with zero attached hydrogens (tertiary/aromatic N) is 1. The van der Waals surface area contributed by atoms with E-state index in [-0.39, 0.29) is 12.6 Å². The lowest BCUT2D eigenvalue weighted by Crippen LogP contribution is -2.46. The van der Waals surface area contributed by atoms with Gasteiger partial charge in [0.05, 0.1) is 25.9 Å². The van der Waals surface area contributed by atoms with Gasteiger partial charge in [0.2, 0.25) is 0 Å². The SMILES string of the molecule is Cc1ccc(C)c(CN2CCOCC2CO)c1. The zero-order valence-corrected chi connectivity index (χ0v) is 10.6. The molecular weight excluding hydrogens is 214 g/mol. The van der Waals surface area contributed by atoms with Crippen LogP contribution in [0.4, 0.5) is 0 Å². The quantitative estimate of drug-likeness (QED) is 0.861. The Labute approximate surface area is 103 Å². The van der Waals surface area contributed by atoms with Gasteiger partial charge in [-0.05, 0) is 25.0 Å². The molecule has 0 bridgehead atoms. The number of aliphatic hydroxyl groups excluding tert-OH is 1. The maximum Gasteiger partial charge on any atom is 0.0644 e. The van der Waals surface area contributed by atoms with E-state index in [2.05, 4.69) is 36.9 Å². The standard InChI is InChI=1S/C14H21NO2/c1-11-3-4-12(2)13(7-11)8-15-5-6-17-10-14(15)9-16/h3-4,7,14,16H,5-6,8-10H2,1-2H3. The van der Waals surface area contributed by atoms with Crippen LogP contribution in [0.5, 0.6) is 0 Å². The van der Waals surface area contributed by atoms with E-state index < -0.39 is 0 Å². The van der Waals surface area contributed by atoms with Gasteiger partial charge in [0, 0.05) is 13.1 Å². The molecule has 17 heavy (non-hydrogen) atoms. The van der Waals surface area contributed by atoms with Crippen LogP contribution >= 0.6 is 0 Å². The van der Waals surface area contributed by atoms with Crippen LogP contribution in [0.3, 0.4) is 0 Å². The predicted molar refractivity (Wildman–Crippen MR) is 68.0 cm³/mol. The maximum absolute atomic E-state index is 9.34. The normalized spacial score (nSPS) is 21.7. The molecule has 1 N–H and O–H groups in total. The Morgan fingerprint density at radius 1 is 1.41 bits per heavy atom. The molecule has 1 aromatic rings. The van der Waals surface area contributed by atoms with Crippen LogP contribution in [0.15, 0.2) is 18.2 Å². The van der Waals surface area contributed by atoms with E-state index in [0.29, 0.717) is 6.61 Å². The van der Waals surface area contributed by atoms with Gasteiger partial charge in [0.15, 0.2) is 0 Å². The Bertz CT molecular complexity index is 378. The van der Waals surface area contributed by atoms with E-state index in [1.807, 2.05) is 0 Å². The summed E-state index contributed by atoms with van der Waals surface area (Å²) in [5.74, 6) is 0. The zero-order valence-electron chi connectivity index (χ0n) is 10.6. The molecule has 0 aromatic heterocycles. The van der Waals surface area contributed by atoms with Gasteiger partial charge < -0.3 is 9.84 Å². The molecule has 2 rings (SSSR count). The lowest BCUT2D eigenvalue weighted by molar-refractivity contribution is -0.0313. The second-order valence-corrected chi connectivity index (χ2v) is 4.81. The zero-order chi connectivity index (χ0) is 12.3. The number of hydrogen-bond donors (Lipinski definition) is 1. The number of hydrogen-bond acceptors (Lipinski definition) is 3. The molecule has 0 radical (unpaired) electrons. The molecule has 1 fully saturated rings. The molecule has 1 atom stereocenters. The lowest BCUT2D eigenvalue weighted by Gasteiger charge is -2.34. The molecule has 1 aromatic carbocycles. The third-order valence-corrected chi connectivity index (χ3v) is 3.44. The smallest absolute Gasteiger partial charge is 0.0644 e. The van der Waals surface area contributed by atoms with Gasteiger partial charge in [0.1, 0.15) is 0 Å². The van der Waals surface area contributed by atoms with Crippen LogP contribution in [0.1, 0.15) is 16.7 Å². The summed E-state index contributed by atoms with van der Waals surface area (Å²) in [6.45, 7) is 7.64. The number of ether oxygens (including phenoxy) is 1. The van der Waals surface area contributed by atoms with Crippen molar-refractivity contribution in [1.29, 1.82) is 0 Å². The Morgan fingerprint density at radius 2 is 2.24 bits per heavy atom. The van der Waals surface area contributed by atoms with Gasteiger partial charge in [-0.2, -0.15) is 0 Å². The molecule has 1 aliphatic heterocycles. The minimum absolute atomic E-state index is 0.142. The minimum atomic E-state index is 0.142. The highest BCUT2D eigenvalue weighted by Crippen LogP contribution is 2.16. The van der Waals surface area contributed by atoms with E-state index >= 15 is 0 Å². The van der Waals surface area contributed by atoms with Crippen LogP contribution in [0.2, 0.25) is 0 Å². The number of benzene rings is 1. The van der Waals surface area contributed by atoms with Crippen LogP contribution < -0.4 is 0 Å². The fourth-order valence-electron chi connectivity index (χ4n) is 2.25. The molecule has 1 aliphatic rings. The molecule has 0 spiro atoms. The molecule has 0 amide bonds. The highest BCUT2D eigenvalue weighted by atomic mass is 16.5. The van der Waals surface area contributed by atoms with Crippen molar-refractivity contribution in [3.63, 3.8) is 0 Å². The Kier molecular flexibility index (Phi) is 4.15. The average Bonchev–Trinajstić information content (AvgIpc) is 2.34. The maximum atomic E-state index is 9.34. The summed E-state index contributed by atoms with van der Waals surface area (Å²) in [6.07, 6.45) is 0. The molecule has 3 heteroatoms. The Morgan fingerprint density at radius 3 is 3.00 bits per heavy atom. The van der Waals surface area contributed by atoms with E-state index in [1.165, 1.54) is 16.7 Å². The third-order valence-electron chi connectivity index (χ3n) is 3.44. The van der Waals surface area contributed by atoms with Crippen molar-refractivity contribution in [3.05, 3.63) is 34.9 Å². The molecule has 0 saturated carbocycles. The second-order valence-electron chi connectivity index (χ2n) is 4.81. The van der Waals surface area contributed by atoms with Gasteiger partial charge in [-0.3, -0.25) is 4.90 Å².